The van der Waals surface area contributed by atoms with Crippen LogP contribution < -0.4 is 4.90 Å². The van der Waals surface area contributed by atoms with E-state index in [0.29, 0.717) is 0 Å². The number of para-hydroxylation sites is 2. The van der Waals surface area contributed by atoms with Crippen molar-refractivity contribution in [3.63, 3.8) is 0 Å². The molecular weight excluding hydrogens is 524 g/mol. The number of hydrogen-bond donors (Lipinski definition) is 1. The third-order valence-corrected chi connectivity index (χ3v) is 8.44. The highest BCUT2D eigenvalue weighted by Gasteiger charge is 2.17. The number of rotatable bonds is 6. The molecular formula is C36H22N2O2S. The van der Waals surface area contributed by atoms with Gasteiger partial charge in [-0.25, -0.2) is 4.79 Å². The third kappa shape index (κ3) is 4.37. The van der Waals surface area contributed by atoms with Crippen molar-refractivity contribution < 1.29 is 9.90 Å². The second-order valence-corrected chi connectivity index (χ2v) is 11.0. The predicted octanol–water partition coefficient (Wildman–Crippen LogP) is 9.77. The van der Waals surface area contributed by atoms with Gasteiger partial charge in [0.15, 0.2) is 0 Å². The van der Waals surface area contributed by atoms with Crippen LogP contribution in [0.3, 0.4) is 0 Å². The van der Waals surface area contributed by atoms with Crippen LogP contribution in [0.2, 0.25) is 0 Å². The number of carboxylic acids is 1. The van der Waals surface area contributed by atoms with Crippen LogP contribution in [0.25, 0.3) is 48.8 Å². The second kappa shape index (κ2) is 9.95. The summed E-state index contributed by atoms with van der Waals surface area (Å²) in [5.41, 5.74) is 4.10. The minimum absolute atomic E-state index is 0.272. The molecule has 0 aliphatic rings. The lowest BCUT2D eigenvalue weighted by atomic mass is 9.92. The Bertz CT molecular complexity index is 2030. The quantitative estimate of drug-likeness (QED) is 0.128. The maximum absolute atomic E-state index is 11.3. The third-order valence-electron chi connectivity index (χ3n) is 7.35. The standard InChI is InChI=1S/C36H22N2O2S/c37-22-28(36(39)40)21-32-15-16-33(41-32)27-17-23-11-13-25-19-31(20-26-14-12-24(18-27)34(23)35(25)26)38(29-7-3-1-4-8-29)30-9-5-2-6-10-30/h1-21H,(H,39,40)/b28-21+. The summed E-state index contributed by atoms with van der Waals surface area (Å²) in [6.45, 7) is 0. The smallest absolute Gasteiger partial charge is 0.346 e. The van der Waals surface area contributed by atoms with Gasteiger partial charge < -0.3 is 10.0 Å². The molecule has 194 valence electrons. The van der Waals surface area contributed by atoms with E-state index in [2.05, 4.69) is 102 Å². The van der Waals surface area contributed by atoms with E-state index in [-0.39, 0.29) is 5.57 Å². The molecule has 0 atom stereocenters. The molecule has 1 heterocycles. The lowest BCUT2D eigenvalue weighted by Crippen LogP contribution is -2.09. The average molecular weight is 547 g/mol. The predicted molar refractivity (Wildman–Crippen MR) is 169 cm³/mol. The summed E-state index contributed by atoms with van der Waals surface area (Å²) in [7, 11) is 0. The number of nitrogens with zero attached hydrogens (tertiary/aromatic N) is 2. The Morgan fingerprint density at radius 3 is 1.68 bits per heavy atom. The van der Waals surface area contributed by atoms with E-state index in [1.165, 1.54) is 39.0 Å². The molecule has 7 aromatic rings. The van der Waals surface area contributed by atoms with Crippen molar-refractivity contribution in [1.82, 2.24) is 0 Å². The Morgan fingerprint density at radius 2 is 1.20 bits per heavy atom. The Balaban J connectivity index is 1.36. The summed E-state index contributed by atoms with van der Waals surface area (Å²) in [6.07, 6.45) is 1.42. The molecule has 1 aromatic heterocycles. The minimum Gasteiger partial charge on any atom is -0.477 e. The van der Waals surface area contributed by atoms with Gasteiger partial charge in [0.05, 0.1) is 0 Å². The summed E-state index contributed by atoms with van der Waals surface area (Å²) in [5.74, 6) is -1.22. The summed E-state index contributed by atoms with van der Waals surface area (Å²) in [5, 5.41) is 25.5. The highest BCUT2D eigenvalue weighted by atomic mass is 32.1. The van der Waals surface area contributed by atoms with Crippen LogP contribution in [-0.2, 0) is 4.79 Å². The van der Waals surface area contributed by atoms with Gasteiger partial charge >= 0.3 is 5.97 Å². The maximum atomic E-state index is 11.3. The van der Waals surface area contributed by atoms with Crippen molar-refractivity contribution in [2.24, 2.45) is 0 Å². The first-order valence-electron chi connectivity index (χ1n) is 13.2. The number of carbonyl (C=O) groups is 1. The van der Waals surface area contributed by atoms with Crippen molar-refractivity contribution in [3.05, 3.63) is 132 Å². The van der Waals surface area contributed by atoms with E-state index in [1.54, 1.807) is 6.07 Å². The monoisotopic (exact) mass is 546 g/mol. The van der Waals surface area contributed by atoms with Gasteiger partial charge in [-0.3, -0.25) is 0 Å². The first kappa shape index (κ1) is 24.6. The van der Waals surface area contributed by atoms with Crippen LogP contribution in [0.15, 0.2) is 127 Å². The number of hydrogen-bond acceptors (Lipinski definition) is 4. The average Bonchev–Trinajstić information content (AvgIpc) is 3.48. The van der Waals surface area contributed by atoms with E-state index in [9.17, 15) is 9.90 Å². The molecule has 0 spiro atoms. The molecule has 7 rings (SSSR count). The molecule has 4 nitrogen and oxygen atoms in total. The van der Waals surface area contributed by atoms with Gasteiger partial charge in [0.2, 0.25) is 0 Å². The largest absolute Gasteiger partial charge is 0.477 e. The molecule has 0 radical (unpaired) electrons. The second-order valence-electron chi connectivity index (χ2n) is 9.88. The Morgan fingerprint density at radius 1 is 0.683 bits per heavy atom. The number of benzene rings is 6. The van der Waals surface area contributed by atoms with Gasteiger partial charge in [-0.2, -0.15) is 5.26 Å². The van der Waals surface area contributed by atoms with Crippen molar-refractivity contribution in [1.29, 1.82) is 5.26 Å². The van der Waals surface area contributed by atoms with Gasteiger partial charge in [-0.15, -0.1) is 11.3 Å². The molecule has 0 unspecified atom stereocenters. The fraction of sp³-hybridized carbons (Fsp3) is 0. The molecule has 0 saturated carbocycles. The van der Waals surface area contributed by atoms with Crippen LogP contribution in [0.5, 0.6) is 0 Å². The van der Waals surface area contributed by atoms with E-state index in [4.69, 9.17) is 5.26 Å². The summed E-state index contributed by atoms with van der Waals surface area (Å²) in [4.78, 5) is 15.3. The maximum Gasteiger partial charge on any atom is 0.346 e. The number of thiophene rings is 1. The zero-order valence-corrected chi connectivity index (χ0v) is 22.6. The number of nitriles is 1. The molecule has 6 aromatic carbocycles. The van der Waals surface area contributed by atoms with Crippen LogP contribution >= 0.6 is 11.3 Å². The molecule has 0 aliphatic heterocycles. The van der Waals surface area contributed by atoms with E-state index in [1.807, 2.05) is 24.3 Å². The van der Waals surface area contributed by atoms with Crippen molar-refractivity contribution in [3.8, 4) is 16.5 Å². The molecule has 0 saturated heterocycles. The van der Waals surface area contributed by atoms with Gasteiger partial charge in [0.25, 0.3) is 0 Å². The SMILES string of the molecule is N#C/C(=C\c1ccc(-c2cc3ccc4cc(N(c5ccccc5)c5ccccc5)cc5ccc(c2)c3c45)s1)C(=O)O. The zero-order valence-electron chi connectivity index (χ0n) is 21.8. The summed E-state index contributed by atoms with van der Waals surface area (Å²) >= 11 is 1.47. The Kier molecular flexibility index (Phi) is 5.96. The number of carboxylic acid groups (broad SMARTS) is 1. The first-order chi connectivity index (χ1) is 20.1. The zero-order chi connectivity index (χ0) is 27.9. The summed E-state index contributed by atoms with van der Waals surface area (Å²) < 4.78 is 0. The number of anilines is 3. The van der Waals surface area contributed by atoms with Crippen LogP contribution in [-0.4, -0.2) is 11.1 Å². The molecule has 1 N–H and O–H groups in total. The van der Waals surface area contributed by atoms with Crippen molar-refractivity contribution in [2.75, 3.05) is 4.90 Å². The van der Waals surface area contributed by atoms with Gasteiger partial charge in [0, 0.05) is 26.8 Å². The Labute approximate surface area is 240 Å². The van der Waals surface area contributed by atoms with Crippen LogP contribution in [0.4, 0.5) is 17.1 Å². The highest BCUT2D eigenvalue weighted by molar-refractivity contribution is 7.16. The minimum atomic E-state index is -1.22. The summed E-state index contributed by atoms with van der Waals surface area (Å²) in [6, 6.07) is 44.1. The molecule has 5 heteroatoms. The lowest BCUT2D eigenvalue weighted by molar-refractivity contribution is -0.132. The van der Waals surface area contributed by atoms with Crippen LogP contribution in [0.1, 0.15) is 4.88 Å². The van der Waals surface area contributed by atoms with Crippen molar-refractivity contribution in [2.45, 2.75) is 0 Å². The first-order valence-corrected chi connectivity index (χ1v) is 14.0. The number of aliphatic carboxylic acids is 1. The molecule has 0 bridgehead atoms. The van der Waals surface area contributed by atoms with Gasteiger partial charge in [-0.1, -0.05) is 60.7 Å². The van der Waals surface area contributed by atoms with Crippen molar-refractivity contribution >= 4 is 72.8 Å². The lowest BCUT2D eigenvalue weighted by Gasteiger charge is -2.26. The van der Waals surface area contributed by atoms with Gasteiger partial charge in [0.1, 0.15) is 11.6 Å². The van der Waals surface area contributed by atoms with Gasteiger partial charge in [-0.05, 0) is 105 Å². The van der Waals surface area contributed by atoms with E-state index in [0.717, 1.165) is 43.2 Å². The molecule has 0 amide bonds. The van der Waals surface area contributed by atoms with Crippen LogP contribution in [0, 0.1) is 11.3 Å². The highest BCUT2D eigenvalue weighted by Crippen LogP contribution is 2.43. The molecule has 41 heavy (non-hydrogen) atoms. The molecule has 0 fully saturated rings. The Hall–Kier alpha value is -5.44. The fourth-order valence-corrected chi connectivity index (χ4v) is 6.50. The molecule has 0 aliphatic carbocycles. The topological polar surface area (TPSA) is 64.3 Å². The van der Waals surface area contributed by atoms with E-state index < -0.39 is 5.97 Å². The normalized spacial score (nSPS) is 11.7. The fourth-order valence-electron chi connectivity index (χ4n) is 5.56. The van der Waals surface area contributed by atoms with E-state index >= 15 is 0 Å².